The van der Waals surface area contributed by atoms with Crippen LogP contribution in [0.2, 0.25) is 5.02 Å². The van der Waals surface area contributed by atoms with Gasteiger partial charge in [-0.2, -0.15) is 4.98 Å². The molecule has 228 valence electrons. The first-order valence-corrected chi connectivity index (χ1v) is 16.3. The molecule has 1 atom stereocenters. The van der Waals surface area contributed by atoms with E-state index >= 15 is 4.39 Å². The Balaban J connectivity index is 1.68. The Bertz CT molecular complexity index is 2030. The minimum absolute atomic E-state index is 0.0152. The molecule has 2 aromatic heterocycles. The number of carbonyl (C=O) groups excluding carboxylic acids is 1. The van der Waals surface area contributed by atoms with E-state index in [-0.39, 0.29) is 68.1 Å². The van der Waals surface area contributed by atoms with Gasteiger partial charge >= 0.3 is 5.69 Å². The second kappa shape index (κ2) is 11.1. The van der Waals surface area contributed by atoms with Crippen LogP contribution < -0.4 is 10.6 Å². The highest BCUT2D eigenvalue weighted by Gasteiger charge is 2.34. The van der Waals surface area contributed by atoms with Crippen molar-refractivity contribution >= 4 is 44.2 Å². The average Bonchev–Trinajstić information content (AvgIpc) is 3.83. The summed E-state index contributed by atoms with van der Waals surface area (Å²) in [5, 5.41) is 0.172. The number of benzene rings is 2. The van der Waals surface area contributed by atoms with Crippen molar-refractivity contribution in [1.29, 1.82) is 0 Å². The maximum atomic E-state index is 16.0. The van der Waals surface area contributed by atoms with E-state index in [0.717, 1.165) is 41.9 Å². The summed E-state index contributed by atoms with van der Waals surface area (Å²) in [6.07, 6.45) is 3.88. The fraction of sp³-hybridized carbons (Fsp3) is 0.290. The SMILES string of the molecule is C=CC(=O)N1CCN(c2nc(=O)n(-c3c(C4CC4)cccc3S(C)(=O)=O)c3nc(-c4cc(F)ccc4Cl)c(F)cc23)[C@@H](C)C1. The molecule has 13 heteroatoms. The van der Waals surface area contributed by atoms with Crippen LogP contribution in [-0.4, -0.2) is 65.7 Å². The normalized spacial score (nSPS) is 17.2. The number of aromatic nitrogens is 3. The molecule has 2 aliphatic rings. The minimum atomic E-state index is -3.85. The minimum Gasteiger partial charge on any atom is -0.350 e. The van der Waals surface area contributed by atoms with Crippen LogP contribution in [0.5, 0.6) is 0 Å². The van der Waals surface area contributed by atoms with E-state index in [2.05, 4.69) is 16.5 Å². The molecule has 44 heavy (non-hydrogen) atoms. The molecule has 0 N–H and O–H groups in total. The van der Waals surface area contributed by atoms with E-state index in [1.807, 2.05) is 6.92 Å². The van der Waals surface area contributed by atoms with Gasteiger partial charge in [0.1, 0.15) is 23.1 Å². The van der Waals surface area contributed by atoms with Gasteiger partial charge in [0.25, 0.3) is 0 Å². The Morgan fingerprint density at radius 2 is 1.86 bits per heavy atom. The van der Waals surface area contributed by atoms with Crippen LogP contribution in [0.4, 0.5) is 14.6 Å². The van der Waals surface area contributed by atoms with Crippen molar-refractivity contribution < 1.29 is 22.0 Å². The van der Waals surface area contributed by atoms with Crippen molar-refractivity contribution in [2.45, 2.75) is 36.6 Å². The molecule has 0 bridgehead atoms. The van der Waals surface area contributed by atoms with E-state index in [9.17, 15) is 22.4 Å². The zero-order valence-corrected chi connectivity index (χ0v) is 25.5. The van der Waals surface area contributed by atoms with Crippen molar-refractivity contribution in [2.24, 2.45) is 0 Å². The lowest BCUT2D eigenvalue weighted by Crippen LogP contribution is -2.54. The third-order valence-electron chi connectivity index (χ3n) is 8.04. The Hall–Kier alpha value is -4.16. The number of fused-ring (bicyclic) bond motifs is 1. The van der Waals surface area contributed by atoms with Gasteiger partial charge in [0, 0.05) is 37.5 Å². The topological polar surface area (TPSA) is 105 Å². The molecule has 1 amide bonds. The van der Waals surface area contributed by atoms with E-state index in [1.54, 1.807) is 21.9 Å². The number of rotatable bonds is 6. The highest BCUT2D eigenvalue weighted by Crippen LogP contribution is 2.45. The number of pyridine rings is 1. The summed E-state index contributed by atoms with van der Waals surface area (Å²) in [4.78, 5) is 38.6. The second-order valence-corrected chi connectivity index (χ2v) is 13.5. The average molecular weight is 640 g/mol. The number of sulfone groups is 1. The summed E-state index contributed by atoms with van der Waals surface area (Å²) in [6, 6.07) is 9.08. The monoisotopic (exact) mass is 639 g/mol. The van der Waals surface area contributed by atoms with Crippen LogP contribution >= 0.6 is 11.6 Å². The number of hydrogen-bond donors (Lipinski definition) is 0. The lowest BCUT2D eigenvalue weighted by Gasteiger charge is -2.40. The molecule has 1 saturated carbocycles. The van der Waals surface area contributed by atoms with Crippen LogP contribution in [0.15, 0.2) is 64.8 Å². The number of anilines is 1. The van der Waals surface area contributed by atoms with E-state index < -0.39 is 27.2 Å². The molecule has 0 spiro atoms. The third-order valence-corrected chi connectivity index (χ3v) is 9.50. The number of piperazine rings is 1. The van der Waals surface area contributed by atoms with E-state index in [4.69, 9.17) is 11.6 Å². The smallest absolute Gasteiger partial charge is 0.350 e. The Labute approximate surface area is 257 Å². The largest absolute Gasteiger partial charge is 0.355 e. The Morgan fingerprint density at radius 3 is 2.52 bits per heavy atom. The molecule has 1 aliphatic carbocycles. The lowest BCUT2D eigenvalue weighted by molar-refractivity contribution is -0.126. The molecule has 0 radical (unpaired) electrons. The summed E-state index contributed by atoms with van der Waals surface area (Å²) in [6.45, 7) is 6.27. The van der Waals surface area contributed by atoms with Crippen LogP contribution in [0, 0.1) is 11.6 Å². The predicted octanol–water partition coefficient (Wildman–Crippen LogP) is 4.88. The van der Waals surface area contributed by atoms with Gasteiger partial charge in [-0.05, 0) is 67.7 Å². The molecule has 0 unspecified atom stereocenters. The number of halogens is 3. The molecular weight excluding hydrogens is 612 g/mol. The highest BCUT2D eigenvalue weighted by molar-refractivity contribution is 7.90. The van der Waals surface area contributed by atoms with Gasteiger partial charge in [-0.3, -0.25) is 4.79 Å². The quantitative estimate of drug-likeness (QED) is 0.277. The molecule has 4 aromatic rings. The highest BCUT2D eigenvalue weighted by atomic mass is 35.5. The zero-order chi connectivity index (χ0) is 31.5. The van der Waals surface area contributed by atoms with Crippen LogP contribution in [-0.2, 0) is 14.6 Å². The van der Waals surface area contributed by atoms with Gasteiger partial charge in [-0.1, -0.05) is 30.3 Å². The Morgan fingerprint density at radius 1 is 1.11 bits per heavy atom. The van der Waals surface area contributed by atoms with Crippen LogP contribution in [0.1, 0.15) is 31.2 Å². The number of nitrogens with zero attached hydrogens (tertiary/aromatic N) is 5. The predicted molar refractivity (Wildman–Crippen MR) is 164 cm³/mol. The van der Waals surface area contributed by atoms with Crippen molar-refractivity contribution in [3.05, 3.63) is 87.8 Å². The maximum Gasteiger partial charge on any atom is 0.355 e. The van der Waals surface area contributed by atoms with Crippen LogP contribution in [0.3, 0.4) is 0 Å². The molecule has 2 fully saturated rings. The molecule has 1 saturated heterocycles. The zero-order valence-electron chi connectivity index (χ0n) is 23.9. The number of carbonyl (C=O) groups is 1. The summed E-state index contributed by atoms with van der Waals surface area (Å²) in [7, 11) is -3.85. The van der Waals surface area contributed by atoms with Gasteiger partial charge in [0.15, 0.2) is 15.5 Å². The molecule has 1 aliphatic heterocycles. The van der Waals surface area contributed by atoms with Crippen molar-refractivity contribution in [3.8, 4) is 16.9 Å². The first-order chi connectivity index (χ1) is 20.9. The standard InChI is InChI=1S/C31H28ClF2N5O4S/c1-4-26(40)37-12-13-38(17(2)16-37)29-22-15-24(34)27(21-14-19(33)10-11-23(21)32)35-30(22)39(31(41)36-29)28-20(18-8-9-18)6-5-7-25(28)44(3,42)43/h4-7,10-11,14-15,17-18H,1,8-9,12-13,16H2,2-3H3/t17-/m0/s1. The summed E-state index contributed by atoms with van der Waals surface area (Å²) in [5.74, 6) is -1.60. The number of para-hydroxylation sites is 1. The van der Waals surface area contributed by atoms with Crippen molar-refractivity contribution in [1.82, 2.24) is 19.4 Å². The Kier molecular flexibility index (Phi) is 7.53. The van der Waals surface area contributed by atoms with E-state index in [1.165, 1.54) is 18.2 Å². The number of amides is 1. The molecule has 9 nitrogen and oxygen atoms in total. The van der Waals surface area contributed by atoms with Gasteiger partial charge in [0.2, 0.25) is 5.91 Å². The van der Waals surface area contributed by atoms with E-state index in [0.29, 0.717) is 18.7 Å². The molecular formula is C31H28ClF2N5O4S. The maximum absolute atomic E-state index is 16.0. The fourth-order valence-electron chi connectivity index (χ4n) is 5.80. The van der Waals surface area contributed by atoms with Gasteiger partial charge < -0.3 is 9.80 Å². The molecule has 2 aromatic carbocycles. The van der Waals surface area contributed by atoms with Gasteiger partial charge in [-0.15, -0.1) is 0 Å². The first kappa shape index (κ1) is 29.9. The summed E-state index contributed by atoms with van der Waals surface area (Å²) in [5.41, 5.74) is -0.494. The van der Waals surface area contributed by atoms with Crippen molar-refractivity contribution in [2.75, 3.05) is 30.8 Å². The first-order valence-electron chi connectivity index (χ1n) is 14.0. The third kappa shape index (κ3) is 5.26. The molecule has 6 rings (SSSR count). The summed E-state index contributed by atoms with van der Waals surface area (Å²) >= 11 is 6.34. The van der Waals surface area contributed by atoms with Crippen molar-refractivity contribution in [3.63, 3.8) is 0 Å². The van der Waals surface area contributed by atoms with Gasteiger partial charge in [-0.25, -0.2) is 31.5 Å². The van der Waals surface area contributed by atoms with Gasteiger partial charge in [0.05, 0.1) is 21.0 Å². The fourth-order valence-corrected chi connectivity index (χ4v) is 6.89. The van der Waals surface area contributed by atoms with Crippen LogP contribution in [0.25, 0.3) is 28.0 Å². The number of hydrogen-bond acceptors (Lipinski definition) is 7. The lowest BCUT2D eigenvalue weighted by atomic mass is 10.1. The summed E-state index contributed by atoms with van der Waals surface area (Å²) < 4.78 is 57.5. The second-order valence-electron chi connectivity index (χ2n) is 11.1. The molecule has 3 heterocycles.